The maximum Gasteiger partial charge on any atom is 0.330 e. The minimum Gasteiger partial charge on any atom is -0.329 e. The van der Waals surface area contributed by atoms with E-state index in [9.17, 15) is 14.2 Å². The molecule has 252 valence electrons. The predicted molar refractivity (Wildman–Crippen MR) is 188 cm³/mol. The molecule has 0 unspecified atom stereocenters. The Morgan fingerprint density at radius 1 is 1.02 bits per heavy atom. The molecule has 9 nitrogen and oxygen atoms in total. The van der Waals surface area contributed by atoms with Crippen LogP contribution in [0.3, 0.4) is 0 Å². The van der Waals surface area contributed by atoms with Crippen LogP contribution < -0.4 is 4.90 Å². The van der Waals surface area contributed by atoms with Crippen LogP contribution in [0.25, 0.3) is 11.1 Å². The Morgan fingerprint density at radius 2 is 1.68 bits per heavy atom. The van der Waals surface area contributed by atoms with E-state index < -0.39 is 7.60 Å². The zero-order chi connectivity index (χ0) is 33.6. The van der Waals surface area contributed by atoms with Crippen molar-refractivity contribution in [1.29, 1.82) is 0 Å². The number of benzene rings is 2. The van der Waals surface area contributed by atoms with Crippen molar-refractivity contribution in [2.45, 2.75) is 71.8 Å². The average molecular weight is 661 g/mol. The molecule has 1 aliphatic carbocycles. The van der Waals surface area contributed by atoms with Crippen LogP contribution in [-0.2, 0) is 37.8 Å². The van der Waals surface area contributed by atoms with Crippen LogP contribution in [0.2, 0.25) is 0 Å². The molecule has 1 saturated carbocycles. The van der Waals surface area contributed by atoms with Gasteiger partial charge in [0.1, 0.15) is 5.82 Å². The molecule has 1 fully saturated rings. The SMILES string of the molecule is C#CCN(C)C(=O)c1c(N(C=O)CCCCP(=O)(OCC)OCC)nc(CCc2ccc(-c3ccccc3)cc2)n1CC1CCCC1. The number of unbranched alkanes of at least 4 members (excludes halogenated alkanes) is 1. The van der Waals surface area contributed by atoms with Gasteiger partial charge in [-0.3, -0.25) is 19.1 Å². The molecule has 0 radical (unpaired) electrons. The van der Waals surface area contributed by atoms with Gasteiger partial charge in [-0.1, -0.05) is 73.4 Å². The van der Waals surface area contributed by atoms with Gasteiger partial charge >= 0.3 is 7.60 Å². The Balaban J connectivity index is 1.62. The van der Waals surface area contributed by atoms with Gasteiger partial charge in [-0.05, 0) is 68.6 Å². The molecule has 10 heteroatoms. The number of carbonyl (C=O) groups is 2. The maximum atomic E-state index is 14.0. The molecule has 0 saturated heterocycles. The van der Waals surface area contributed by atoms with Gasteiger partial charge in [-0.2, -0.15) is 0 Å². The molecule has 2 aromatic carbocycles. The first-order valence-corrected chi connectivity index (χ1v) is 18.6. The summed E-state index contributed by atoms with van der Waals surface area (Å²) < 4.78 is 25.9. The van der Waals surface area contributed by atoms with E-state index in [1.54, 1.807) is 20.9 Å². The number of rotatable bonds is 19. The van der Waals surface area contributed by atoms with Crippen LogP contribution in [0.1, 0.15) is 74.2 Å². The van der Waals surface area contributed by atoms with Gasteiger partial charge in [0, 0.05) is 26.6 Å². The third kappa shape index (κ3) is 9.90. The van der Waals surface area contributed by atoms with Crippen molar-refractivity contribution in [3.05, 3.63) is 71.7 Å². The van der Waals surface area contributed by atoms with Gasteiger partial charge in [0.25, 0.3) is 5.91 Å². The minimum atomic E-state index is -3.19. The van der Waals surface area contributed by atoms with E-state index in [2.05, 4.69) is 42.3 Å². The van der Waals surface area contributed by atoms with Crippen LogP contribution in [0.5, 0.6) is 0 Å². The lowest BCUT2D eigenvalue weighted by molar-refractivity contribution is -0.107. The number of carbonyl (C=O) groups excluding carboxylic acids is 2. The Morgan fingerprint density at radius 3 is 2.30 bits per heavy atom. The summed E-state index contributed by atoms with van der Waals surface area (Å²) in [6.07, 6.45) is 13.5. The molecule has 1 aromatic heterocycles. The molecule has 3 aromatic rings. The first kappa shape index (κ1) is 36.1. The molecule has 1 heterocycles. The topological polar surface area (TPSA) is 94.0 Å². The highest BCUT2D eigenvalue weighted by Crippen LogP contribution is 2.48. The summed E-state index contributed by atoms with van der Waals surface area (Å²) in [6.45, 7) is 5.28. The van der Waals surface area contributed by atoms with Crippen LogP contribution >= 0.6 is 7.60 Å². The Labute approximate surface area is 280 Å². The Kier molecular flexibility index (Phi) is 13.8. The zero-order valence-corrected chi connectivity index (χ0v) is 29.0. The smallest absolute Gasteiger partial charge is 0.329 e. The van der Waals surface area contributed by atoms with Crippen molar-refractivity contribution < 1.29 is 23.2 Å². The molecule has 0 spiro atoms. The predicted octanol–water partition coefficient (Wildman–Crippen LogP) is 7.24. The fraction of sp³-hybridized carbons (Fsp3) is 0.486. The van der Waals surface area contributed by atoms with Crippen LogP contribution in [0, 0.1) is 18.3 Å². The fourth-order valence-corrected chi connectivity index (χ4v) is 7.96. The molecule has 0 aliphatic heterocycles. The summed E-state index contributed by atoms with van der Waals surface area (Å²) in [5.74, 6) is 3.86. The van der Waals surface area contributed by atoms with Gasteiger partial charge < -0.3 is 18.5 Å². The summed E-state index contributed by atoms with van der Waals surface area (Å²) in [6, 6.07) is 18.8. The molecule has 2 amide bonds. The highest BCUT2D eigenvalue weighted by Gasteiger charge is 2.31. The number of anilines is 1. The summed E-state index contributed by atoms with van der Waals surface area (Å²) in [5.41, 5.74) is 3.89. The van der Waals surface area contributed by atoms with Crippen molar-refractivity contribution >= 4 is 25.7 Å². The number of imidazole rings is 1. The van der Waals surface area contributed by atoms with E-state index in [0.717, 1.165) is 37.1 Å². The minimum absolute atomic E-state index is 0.140. The second kappa shape index (κ2) is 18.0. The number of aryl methyl sites for hydroxylation is 2. The lowest BCUT2D eigenvalue weighted by Gasteiger charge is -2.22. The van der Waals surface area contributed by atoms with E-state index in [4.69, 9.17) is 20.5 Å². The normalized spacial score (nSPS) is 13.4. The summed E-state index contributed by atoms with van der Waals surface area (Å²) in [7, 11) is -1.51. The van der Waals surface area contributed by atoms with Crippen molar-refractivity contribution in [1.82, 2.24) is 14.5 Å². The third-order valence-electron chi connectivity index (χ3n) is 8.65. The second-order valence-corrected chi connectivity index (χ2v) is 14.3. The molecule has 0 atom stereocenters. The molecule has 0 N–H and O–H groups in total. The van der Waals surface area contributed by atoms with Crippen molar-refractivity contribution in [2.24, 2.45) is 5.92 Å². The monoisotopic (exact) mass is 660 g/mol. The van der Waals surface area contributed by atoms with E-state index in [0.29, 0.717) is 63.0 Å². The van der Waals surface area contributed by atoms with Crippen LogP contribution in [-0.4, -0.2) is 66.3 Å². The first-order valence-electron chi connectivity index (χ1n) is 16.8. The van der Waals surface area contributed by atoms with Gasteiger partial charge in [0.15, 0.2) is 11.5 Å². The number of terminal acetylenes is 1. The van der Waals surface area contributed by atoms with Crippen molar-refractivity contribution in [3.8, 4) is 23.5 Å². The van der Waals surface area contributed by atoms with E-state index >= 15 is 0 Å². The largest absolute Gasteiger partial charge is 0.330 e. The molecule has 1 aliphatic rings. The van der Waals surface area contributed by atoms with E-state index in [1.165, 1.54) is 33.8 Å². The standard InChI is InChI=1S/C37H49N4O5P/c1-5-25-39(4)37(43)35-36(40(29-42)26-13-14-27-47(44,45-6-2)46-7-3)38-34(41(35)28-31-15-11-12-16-31)24-21-30-19-22-33(23-20-30)32-17-9-8-10-18-32/h1,8-10,17-20,22-23,29,31H,6-7,11-16,21,24-28H2,2-4H3. The number of nitrogens with zero attached hydrogens (tertiary/aromatic N) is 4. The average Bonchev–Trinajstić information content (AvgIpc) is 3.72. The van der Waals surface area contributed by atoms with Crippen LogP contribution in [0.4, 0.5) is 5.82 Å². The lowest BCUT2D eigenvalue weighted by Crippen LogP contribution is -2.33. The number of hydrogen-bond acceptors (Lipinski definition) is 6. The third-order valence-corrected chi connectivity index (χ3v) is 10.8. The molecule has 47 heavy (non-hydrogen) atoms. The highest BCUT2D eigenvalue weighted by atomic mass is 31.2. The van der Waals surface area contributed by atoms with Gasteiger partial charge in [0.2, 0.25) is 6.41 Å². The lowest BCUT2D eigenvalue weighted by atomic mass is 10.0. The summed E-state index contributed by atoms with van der Waals surface area (Å²) >= 11 is 0. The number of hydrogen-bond donors (Lipinski definition) is 0. The molecule has 4 rings (SSSR count). The number of aromatic nitrogens is 2. The van der Waals surface area contributed by atoms with E-state index in [1.807, 2.05) is 22.8 Å². The molecular weight excluding hydrogens is 611 g/mol. The Bertz CT molecular complexity index is 1520. The number of amides is 2. The first-order chi connectivity index (χ1) is 22.8. The molecular formula is C37H49N4O5P. The second-order valence-electron chi connectivity index (χ2n) is 12.1. The van der Waals surface area contributed by atoms with Gasteiger partial charge in [-0.15, -0.1) is 6.42 Å². The fourth-order valence-electron chi connectivity index (χ4n) is 6.23. The Hall–Kier alpha value is -3.70. The van der Waals surface area contributed by atoms with Crippen molar-refractivity contribution in [3.63, 3.8) is 0 Å². The van der Waals surface area contributed by atoms with Gasteiger partial charge in [-0.25, -0.2) is 4.98 Å². The molecule has 0 bridgehead atoms. The summed E-state index contributed by atoms with van der Waals surface area (Å²) in [4.78, 5) is 34.6. The maximum absolute atomic E-state index is 14.0. The quantitative estimate of drug-likeness (QED) is 0.0583. The summed E-state index contributed by atoms with van der Waals surface area (Å²) in [5, 5.41) is 0. The van der Waals surface area contributed by atoms with E-state index in [-0.39, 0.29) is 18.6 Å². The van der Waals surface area contributed by atoms with Gasteiger partial charge in [0.05, 0.1) is 25.9 Å². The van der Waals surface area contributed by atoms with Crippen LogP contribution in [0.15, 0.2) is 54.6 Å². The highest BCUT2D eigenvalue weighted by molar-refractivity contribution is 7.53. The van der Waals surface area contributed by atoms with Crippen molar-refractivity contribution in [2.75, 3.05) is 44.4 Å². The zero-order valence-electron chi connectivity index (χ0n) is 28.1.